The molecule has 2 heterocycles. The lowest BCUT2D eigenvalue weighted by Gasteiger charge is -2.20. The van der Waals surface area contributed by atoms with Crippen molar-refractivity contribution in [2.75, 3.05) is 6.54 Å². The Bertz CT molecular complexity index is 538. The standard InChI is InChI=1S/C17H28N4/c1-5-8-21-13-18-10-16(21)12-20-9-7-15(11-20)17(14(3)4)19-6-2/h7,9-11,13-14,17,19H,5-6,8,12H2,1-4H3. The molecule has 2 rings (SSSR count). The van der Waals surface area contributed by atoms with Gasteiger partial charge in [0, 0.05) is 31.2 Å². The average Bonchev–Trinajstić information content (AvgIpc) is 3.07. The Labute approximate surface area is 128 Å². The normalized spacial score (nSPS) is 13.0. The summed E-state index contributed by atoms with van der Waals surface area (Å²) in [7, 11) is 0. The van der Waals surface area contributed by atoms with Crippen molar-refractivity contribution in [1.29, 1.82) is 0 Å². The van der Waals surface area contributed by atoms with Crippen LogP contribution < -0.4 is 5.32 Å². The second-order valence-corrected chi connectivity index (χ2v) is 5.97. The van der Waals surface area contributed by atoms with Crippen molar-refractivity contribution in [1.82, 2.24) is 19.4 Å². The van der Waals surface area contributed by atoms with Gasteiger partial charge in [-0.3, -0.25) is 0 Å². The van der Waals surface area contributed by atoms with Crippen LogP contribution >= 0.6 is 0 Å². The summed E-state index contributed by atoms with van der Waals surface area (Å²) in [6, 6.07) is 2.66. The Kier molecular flexibility index (Phi) is 5.62. The number of imidazole rings is 1. The van der Waals surface area contributed by atoms with Gasteiger partial charge in [0.05, 0.1) is 18.6 Å². The monoisotopic (exact) mass is 288 g/mol. The van der Waals surface area contributed by atoms with Crippen LogP contribution in [0.2, 0.25) is 0 Å². The summed E-state index contributed by atoms with van der Waals surface area (Å²) in [5, 5.41) is 3.57. The van der Waals surface area contributed by atoms with Crippen molar-refractivity contribution in [2.45, 2.75) is 53.2 Å². The third-order valence-corrected chi connectivity index (χ3v) is 3.83. The van der Waals surface area contributed by atoms with Crippen molar-refractivity contribution in [2.24, 2.45) is 5.92 Å². The number of hydrogen-bond acceptors (Lipinski definition) is 2. The number of aromatic nitrogens is 3. The zero-order valence-electron chi connectivity index (χ0n) is 13.7. The third kappa shape index (κ3) is 3.97. The molecule has 0 aliphatic heterocycles. The van der Waals surface area contributed by atoms with E-state index in [9.17, 15) is 0 Å². The van der Waals surface area contributed by atoms with E-state index in [0.29, 0.717) is 12.0 Å². The first-order chi connectivity index (χ1) is 10.2. The highest BCUT2D eigenvalue weighted by atomic mass is 15.1. The third-order valence-electron chi connectivity index (χ3n) is 3.83. The van der Waals surface area contributed by atoms with Crippen molar-refractivity contribution in [3.63, 3.8) is 0 Å². The molecule has 2 aromatic rings. The Balaban J connectivity index is 2.10. The molecule has 0 aliphatic rings. The van der Waals surface area contributed by atoms with E-state index >= 15 is 0 Å². The van der Waals surface area contributed by atoms with Crippen LogP contribution in [0.1, 0.15) is 51.4 Å². The van der Waals surface area contributed by atoms with Gasteiger partial charge in [0.1, 0.15) is 0 Å². The number of nitrogens with one attached hydrogen (secondary N) is 1. The summed E-state index contributed by atoms with van der Waals surface area (Å²) in [4.78, 5) is 4.27. The lowest BCUT2D eigenvalue weighted by atomic mass is 9.98. The fraction of sp³-hybridized carbons (Fsp3) is 0.588. The van der Waals surface area contributed by atoms with Crippen molar-refractivity contribution in [3.05, 3.63) is 42.2 Å². The first kappa shape index (κ1) is 15.8. The van der Waals surface area contributed by atoms with Gasteiger partial charge in [-0.25, -0.2) is 4.98 Å². The molecule has 0 aromatic carbocycles. The maximum Gasteiger partial charge on any atom is 0.0948 e. The van der Waals surface area contributed by atoms with Gasteiger partial charge in [-0.05, 0) is 30.5 Å². The van der Waals surface area contributed by atoms with Crippen molar-refractivity contribution >= 4 is 0 Å². The van der Waals surface area contributed by atoms with Crippen LogP contribution in [0.25, 0.3) is 0 Å². The molecular formula is C17H28N4. The molecule has 0 bridgehead atoms. The molecule has 21 heavy (non-hydrogen) atoms. The van der Waals surface area contributed by atoms with Crippen LogP contribution in [-0.4, -0.2) is 20.7 Å². The smallest absolute Gasteiger partial charge is 0.0948 e. The van der Waals surface area contributed by atoms with Gasteiger partial charge in [-0.2, -0.15) is 0 Å². The van der Waals surface area contributed by atoms with Crippen molar-refractivity contribution in [3.8, 4) is 0 Å². The number of aryl methyl sites for hydroxylation is 1. The maximum absolute atomic E-state index is 4.27. The molecule has 0 saturated carbocycles. The van der Waals surface area contributed by atoms with Crippen LogP contribution in [0.4, 0.5) is 0 Å². The van der Waals surface area contributed by atoms with Gasteiger partial charge in [0.25, 0.3) is 0 Å². The summed E-state index contributed by atoms with van der Waals surface area (Å²) < 4.78 is 4.50. The van der Waals surface area contributed by atoms with Gasteiger partial charge >= 0.3 is 0 Å². The lowest BCUT2D eigenvalue weighted by Crippen LogP contribution is -2.25. The fourth-order valence-electron chi connectivity index (χ4n) is 2.81. The Morgan fingerprint density at radius 2 is 2.10 bits per heavy atom. The van der Waals surface area contributed by atoms with E-state index < -0.39 is 0 Å². The zero-order valence-corrected chi connectivity index (χ0v) is 13.7. The van der Waals surface area contributed by atoms with Gasteiger partial charge in [0.2, 0.25) is 0 Å². The maximum atomic E-state index is 4.27. The zero-order chi connectivity index (χ0) is 15.2. The summed E-state index contributed by atoms with van der Waals surface area (Å²) >= 11 is 0. The molecule has 1 N–H and O–H groups in total. The molecule has 2 aromatic heterocycles. The number of hydrogen-bond donors (Lipinski definition) is 1. The second-order valence-electron chi connectivity index (χ2n) is 5.97. The second kappa shape index (κ2) is 7.46. The molecule has 0 radical (unpaired) electrons. The van der Waals surface area contributed by atoms with Crippen molar-refractivity contribution < 1.29 is 0 Å². The molecule has 0 fully saturated rings. The Hall–Kier alpha value is -1.55. The predicted molar refractivity (Wildman–Crippen MR) is 87.3 cm³/mol. The van der Waals surface area contributed by atoms with Gasteiger partial charge < -0.3 is 14.5 Å². The molecule has 1 atom stereocenters. The summed E-state index contributed by atoms with van der Waals surface area (Å²) in [5.41, 5.74) is 2.64. The molecule has 4 heteroatoms. The van der Waals surface area contributed by atoms with E-state index in [4.69, 9.17) is 0 Å². The van der Waals surface area contributed by atoms with E-state index in [-0.39, 0.29) is 0 Å². The Morgan fingerprint density at radius 1 is 1.29 bits per heavy atom. The van der Waals surface area contributed by atoms with Gasteiger partial charge in [-0.1, -0.05) is 27.7 Å². The summed E-state index contributed by atoms with van der Waals surface area (Å²) in [6.07, 6.45) is 9.47. The number of nitrogens with zero attached hydrogens (tertiary/aromatic N) is 3. The SMILES string of the molecule is CCCn1cncc1Cn1ccc(C(NCC)C(C)C)c1. The highest BCUT2D eigenvalue weighted by molar-refractivity contribution is 5.17. The summed E-state index contributed by atoms with van der Waals surface area (Å²) in [5.74, 6) is 0.589. The largest absolute Gasteiger partial charge is 0.348 e. The predicted octanol–water partition coefficient (Wildman–Crippen LogP) is 3.45. The first-order valence-electron chi connectivity index (χ1n) is 8.03. The summed E-state index contributed by atoms with van der Waals surface area (Å²) in [6.45, 7) is 11.8. The van der Waals surface area contributed by atoms with Gasteiger partial charge in [0.15, 0.2) is 0 Å². The van der Waals surface area contributed by atoms with Crippen LogP contribution in [0.15, 0.2) is 31.0 Å². The quantitative estimate of drug-likeness (QED) is 0.807. The molecule has 116 valence electrons. The van der Waals surface area contributed by atoms with Crippen LogP contribution in [0, 0.1) is 5.92 Å². The number of rotatable bonds is 8. The first-order valence-corrected chi connectivity index (χ1v) is 8.03. The molecule has 1 unspecified atom stereocenters. The van der Waals surface area contributed by atoms with Crippen LogP contribution in [0.5, 0.6) is 0 Å². The molecule has 0 spiro atoms. The fourth-order valence-corrected chi connectivity index (χ4v) is 2.81. The minimum Gasteiger partial charge on any atom is -0.348 e. The lowest BCUT2D eigenvalue weighted by molar-refractivity contribution is 0.421. The molecule has 0 saturated heterocycles. The Morgan fingerprint density at radius 3 is 2.76 bits per heavy atom. The highest BCUT2D eigenvalue weighted by Crippen LogP contribution is 2.22. The van der Waals surface area contributed by atoms with E-state index in [0.717, 1.165) is 26.1 Å². The van der Waals surface area contributed by atoms with E-state index in [1.807, 2.05) is 12.5 Å². The molecule has 4 nitrogen and oxygen atoms in total. The minimum atomic E-state index is 0.428. The van der Waals surface area contributed by atoms with E-state index in [1.54, 1.807) is 0 Å². The average molecular weight is 288 g/mol. The van der Waals surface area contributed by atoms with Crippen LogP contribution in [-0.2, 0) is 13.1 Å². The van der Waals surface area contributed by atoms with E-state index in [2.05, 4.69) is 65.6 Å². The highest BCUT2D eigenvalue weighted by Gasteiger charge is 2.15. The van der Waals surface area contributed by atoms with Crippen LogP contribution in [0.3, 0.4) is 0 Å². The molecular weight excluding hydrogens is 260 g/mol. The molecule has 0 aliphatic carbocycles. The van der Waals surface area contributed by atoms with E-state index in [1.165, 1.54) is 11.3 Å². The minimum absolute atomic E-state index is 0.428. The van der Waals surface area contributed by atoms with Gasteiger partial charge in [-0.15, -0.1) is 0 Å². The molecule has 0 amide bonds. The topological polar surface area (TPSA) is 34.8 Å².